The molecule has 0 amide bonds. The summed E-state index contributed by atoms with van der Waals surface area (Å²) in [5.41, 5.74) is 3.45. The van der Waals surface area contributed by atoms with Gasteiger partial charge in [-0.25, -0.2) is 18.4 Å². The van der Waals surface area contributed by atoms with Gasteiger partial charge >= 0.3 is 0 Å². The Balaban J connectivity index is 1.50. The minimum atomic E-state index is -3.45. The molecular weight excluding hydrogens is 398 g/mol. The summed E-state index contributed by atoms with van der Waals surface area (Å²) in [4.78, 5) is 8.90. The van der Waals surface area contributed by atoms with Crippen molar-refractivity contribution in [1.29, 1.82) is 5.26 Å². The van der Waals surface area contributed by atoms with Crippen LogP contribution in [0.15, 0.2) is 39.7 Å². The summed E-state index contributed by atoms with van der Waals surface area (Å²) in [7, 11) is -3.45. The molecule has 0 atom stereocenters. The van der Waals surface area contributed by atoms with Crippen LogP contribution in [0.2, 0.25) is 0 Å². The van der Waals surface area contributed by atoms with Crippen LogP contribution in [0.1, 0.15) is 29.7 Å². The van der Waals surface area contributed by atoms with Gasteiger partial charge in [0.05, 0.1) is 21.5 Å². The number of para-hydroxylation sites is 1. The smallest absolute Gasteiger partial charge is 0.210 e. The van der Waals surface area contributed by atoms with Crippen LogP contribution in [0.25, 0.3) is 10.2 Å². The van der Waals surface area contributed by atoms with E-state index in [1.165, 1.54) is 23.1 Å². The van der Waals surface area contributed by atoms with E-state index in [-0.39, 0.29) is 10.1 Å². The molecule has 0 spiro atoms. The molecule has 1 aromatic carbocycles. The average Bonchev–Trinajstić information content (AvgIpc) is 3.12. The molecule has 0 aliphatic heterocycles. The lowest BCUT2D eigenvalue weighted by Crippen LogP contribution is -2.10. The molecule has 0 unspecified atom stereocenters. The molecule has 2 heterocycles. The lowest BCUT2D eigenvalue weighted by atomic mass is 9.95. The first-order valence-electron chi connectivity index (χ1n) is 8.71. The van der Waals surface area contributed by atoms with E-state index in [0.29, 0.717) is 21.9 Å². The predicted octanol–water partition coefficient (Wildman–Crippen LogP) is 4.01. The zero-order valence-corrected chi connectivity index (χ0v) is 17.0. The summed E-state index contributed by atoms with van der Waals surface area (Å²) in [5, 5.41) is 10.0. The monoisotopic (exact) mass is 415 g/mol. The number of rotatable bonds is 5. The van der Waals surface area contributed by atoms with Gasteiger partial charge in [-0.05, 0) is 49.4 Å². The summed E-state index contributed by atoms with van der Waals surface area (Å²) in [6.45, 7) is 0. The van der Waals surface area contributed by atoms with Gasteiger partial charge in [0.1, 0.15) is 11.1 Å². The summed E-state index contributed by atoms with van der Waals surface area (Å²) in [6, 6.07) is 11.5. The Morgan fingerprint density at radius 1 is 1.19 bits per heavy atom. The van der Waals surface area contributed by atoms with Crippen LogP contribution in [-0.2, 0) is 22.7 Å². The molecule has 1 aliphatic carbocycles. The van der Waals surface area contributed by atoms with Gasteiger partial charge in [0.2, 0.25) is 14.2 Å². The number of pyridine rings is 1. The van der Waals surface area contributed by atoms with Gasteiger partial charge in [-0.2, -0.15) is 5.26 Å². The van der Waals surface area contributed by atoms with Gasteiger partial charge in [-0.3, -0.25) is 0 Å². The van der Waals surface area contributed by atoms with Gasteiger partial charge in [0.25, 0.3) is 0 Å². The number of sulfone groups is 1. The largest absolute Gasteiger partial charge is 0.245 e. The molecule has 4 rings (SSSR count). The van der Waals surface area contributed by atoms with Crippen molar-refractivity contribution in [1.82, 2.24) is 9.97 Å². The third-order valence-electron chi connectivity index (χ3n) is 4.52. The van der Waals surface area contributed by atoms with E-state index in [4.69, 9.17) is 0 Å². The van der Waals surface area contributed by atoms with Gasteiger partial charge in [-0.1, -0.05) is 12.1 Å². The molecule has 3 aromatic rings. The van der Waals surface area contributed by atoms with Crippen LogP contribution in [-0.4, -0.2) is 29.9 Å². The van der Waals surface area contributed by atoms with Crippen LogP contribution in [0.3, 0.4) is 0 Å². The van der Waals surface area contributed by atoms with Crippen LogP contribution in [0.5, 0.6) is 0 Å². The first-order valence-corrected chi connectivity index (χ1v) is 12.2. The topological polar surface area (TPSA) is 83.7 Å². The van der Waals surface area contributed by atoms with Crippen molar-refractivity contribution < 1.29 is 8.42 Å². The molecule has 138 valence electrons. The number of benzene rings is 1. The van der Waals surface area contributed by atoms with Crippen molar-refractivity contribution in [2.24, 2.45) is 0 Å². The first kappa shape index (κ1) is 18.4. The fraction of sp³-hybridized carbons (Fsp3) is 0.316. The Labute approximate surface area is 166 Å². The van der Waals surface area contributed by atoms with Gasteiger partial charge in [0.15, 0.2) is 0 Å². The van der Waals surface area contributed by atoms with E-state index in [1.807, 2.05) is 30.3 Å². The van der Waals surface area contributed by atoms with Gasteiger partial charge in [0, 0.05) is 11.4 Å². The molecule has 0 saturated heterocycles. The summed E-state index contributed by atoms with van der Waals surface area (Å²) < 4.78 is 26.3. The highest BCUT2D eigenvalue weighted by Gasteiger charge is 2.21. The maximum Gasteiger partial charge on any atom is 0.210 e. The van der Waals surface area contributed by atoms with Crippen LogP contribution < -0.4 is 0 Å². The molecule has 0 radical (unpaired) electrons. The number of nitrogens with zero attached hydrogens (tertiary/aromatic N) is 3. The van der Waals surface area contributed by atoms with Crippen molar-refractivity contribution in [3.05, 3.63) is 47.2 Å². The van der Waals surface area contributed by atoms with Crippen LogP contribution in [0, 0.1) is 11.3 Å². The average molecular weight is 416 g/mol. The predicted molar refractivity (Wildman–Crippen MR) is 108 cm³/mol. The minimum Gasteiger partial charge on any atom is -0.245 e. The van der Waals surface area contributed by atoms with E-state index < -0.39 is 9.84 Å². The zero-order chi connectivity index (χ0) is 18.9. The maximum absolute atomic E-state index is 12.6. The molecule has 0 N–H and O–H groups in total. The number of thiazole rings is 1. The Bertz CT molecular complexity index is 1110. The lowest BCUT2D eigenvalue weighted by molar-refractivity contribution is 0.597. The molecule has 5 nitrogen and oxygen atoms in total. The molecule has 2 aromatic heterocycles. The number of aryl methyl sites for hydroxylation is 2. The molecule has 0 bridgehead atoms. The van der Waals surface area contributed by atoms with E-state index in [0.717, 1.165) is 41.6 Å². The van der Waals surface area contributed by atoms with Crippen molar-refractivity contribution in [2.75, 3.05) is 11.5 Å². The molecular formula is C19H17N3O2S3. The Kier molecular flexibility index (Phi) is 5.17. The Morgan fingerprint density at radius 3 is 2.81 bits per heavy atom. The molecule has 0 fully saturated rings. The van der Waals surface area contributed by atoms with Gasteiger partial charge in [-0.15, -0.1) is 23.1 Å². The minimum absolute atomic E-state index is 0.0267. The summed E-state index contributed by atoms with van der Waals surface area (Å²) in [5.74, 6) is 0.319. The van der Waals surface area contributed by atoms with Crippen molar-refractivity contribution >= 4 is 43.2 Å². The van der Waals surface area contributed by atoms with Crippen molar-refractivity contribution in [3.63, 3.8) is 0 Å². The second-order valence-corrected chi connectivity index (χ2v) is 10.8. The Morgan fingerprint density at radius 2 is 2.00 bits per heavy atom. The Hall–Kier alpha value is -1.95. The second kappa shape index (κ2) is 7.58. The van der Waals surface area contributed by atoms with Crippen LogP contribution in [0.4, 0.5) is 0 Å². The number of nitriles is 1. The lowest BCUT2D eigenvalue weighted by Gasteiger charge is -2.16. The fourth-order valence-corrected chi connectivity index (χ4v) is 7.10. The van der Waals surface area contributed by atoms with Gasteiger partial charge < -0.3 is 0 Å². The standard InChI is InChI=1S/C19H17N3O2S3/c20-12-14-11-13-5-1-2-6-15(13)21-18(14)25-9-10-27(23,24)19-22-16-7-3-4-8-17(16)26-19/h3-4,7-8,11H,1-2,5-6,9-10H2. The van der Waals surface area contributed by atoms with E-state index in [2.05, 4.69) is 16.0 Å². The van der Waals surface area contributed by atoms with E-state index >= 15 is 0 Å². The molecule has 8 heteroatoms. The maximum atomic E-state index is 12.6. The number of hydrogen-bond acceptors (Lipinski definition) is 7. The first-order chi connectivity index (χ1) is 13.1. The fourth-order valence-electron chi connectivity index (χ4n) is 3.12. The molecule has 0 saturated carbocycles. The summed E-state index contributed by atoms with van der Waals surface area (Å²) >= 11 is 2.54. The normalized spacial score (nSPS) is 14.0. The number of hydrogen-bond donors (Lipinski definition) is 0. The third kappa shape index (κ3) is 3.86. The third-order valence-corrected chi connectivity index (χ3v) is 8.98. The number of aromatic nitrogens is 2. The number of thioether (sulfide) groups is 1. The highest BCUT2D eigenvalue weighted by molar-refractivity contribution is 8.01. The summed E-state index contributed by atoms with van der Waals surface area (Å²) in [6.07, 6.45) is 4.14. The van der Waals surface area contributed by atoms with Crippen LogP contribution >= 0.6 is 23.1 Å². The highest BCUT2D eigenvalue weighted by atomic mass is 32.2. The van der Waals surface area contributed by atoms with Crippen molar-refractivity contribution in [3.8, 4) is 6.07 Å². The van der Waals surface area contributed by atoms with E-state index in [1.54, 1.807) is 0 Å². The number of fused-ring (bicyclic) bond motifs is 2. The SMILES string of the molecule is N#Cc1cc2c(nc1SCCS(=O)(=O)c1nc3ccccc3s1)CCCC2. The second-order valence-electron chi connectivity index (χ2n) is 6.38. The molecule has 27 heavy (non-hydrogen) atoms. The zero-order valence-electron chi connectivity index (χ0n) is 14.5. The van der Waals surface area contributed by atoms with E-state index in [9.17, 15) is 13.7 Å². The quantitative estimate of drug-likeness (QED) is 0.586. The highest BCUT2D eigenvalue weighted by Crippen LogP contribution is 2.29. The molecule has 1 aliphatic rings. The van der Waals surface area contributed by atoms with Crippen molar-refractivity contribution in [2.45, 2.75) is 35.0 Å².